The number of aliphatic hydroxyl groups excluding tert-OH is 1. The van der Waals surface area contributed by atoms with E-state index in [9.17, 15) is 19.6 Å². The maximum absolute atomic E-state index is 11.3. The molecular formula is C14H22N5O7P. The number of phosphoric acid groups is 1. The van der Waals surface area contributed by atoms with Crippen LogP contribution in [0.25, 0.3) is 0 Å². The minimum Gasteiger partial charge on any atom is -0.505 e. The van der Waals surface area contributed by atoms with Gasteiger partial charge in [0.05, 0.1) is 12.3 Å². The molecule has 0 radical (unpaired) electrons. The second-order valence-electron chi connectivity index (χ2n) is 5.39. The zero-order valence-corrected chi connectivity index (χ0v) is 15.4. The number of dihydropyridines is 1. The number of nitrogens with zero attached hydrogens (tertiary/aromatic N) is 2. The molecule has 0 unspecified atom stereocenters. The number of carbonyl (C=O) groups is 1. The van der Waals surface area contributed by atoms with Crippen LogP contribution >= 0.6 is 7.82 Å². The Labute approximate surface area is 154 Å². The van der Waals surface area contributed by atoms with Crippen molar-refractivity contribution in [1.82, 2.24) is 5.32 Å². The van der Waals surface area contributed by atoms with Gasteiger partial charge in [-0.3, -0.25) is 14.5 Å². The van der Waals surface area contributed by atoms with Crippen molar-refractivity contribution in [2.24, 2.45) is 21.5 Å². The Balaban J connectivity index is 3.03. The molecule has 0 amide bonds. The lowest BCUT2D eigenvalue weighted by molar-refractivity contribution is -0.129. The van der Waals surface area contributed by atoms with Crippen LogP contribution in [-0.2, 0) is 13.9 Å². The monoisotopic (exact) mass is 403 g/mol. The first kappa shape index (κ1) is 22.4. The van der Waals surface area contributed by atoms with Gasteiger partial charge in [-0.1, -0.05) is 0 Å². The fourth-order valence-electron chi connectivity index (χ4n) is 1.94. The summed E-state index contributed by atoms with van der Waals surface area (Å²) in [6.45, 7) is 1.25. The number of rotatable bonds is 9. The van der Waals surface area contributed by atoms with Gasteiger partial charge in [-0.2, -0.15) is 0 Å². The molecule has 1 rings (SSSR count). The van der Waals surface area contributed by atoms with Crippen LogP contribution in [0.2, 0.25) is 0 Å². The van der Waals surface area contributed by atoms with Crippen molar-refractivity contribution in [2.75, 3.05) is 13.2 Å². The molecule has 0 saturated carbocycles. The molecule has 1 heterocycles. The molecule has 27 heavy (non-hydrogen) atoms. The maximum Gasteiger partial charge on any atom is 0.469 e. The van der Waals surface area contributed by atoms with E-state index >= 15 is 0 Å². The lowest BCUT2D eigenvalue weighted by atomic mass is 10.0. The van der Waals surface area contributed by atoms with Crippen molar-refractivity contribution in [3.05, 3.63) is 35.0 Å². The quantitative estimate of drug-likeness (QED) is 0.117. The van der Waals surface area contributed by atoms with E-state index < -0.39 is 20.4 Å². The first-order valence-corrected chi connectivity index (χ1v) is 9.16. The number of nitrogens with two attached hydrogens (primary N) is 2. The first-order valence-electron chi connectivity index (χ1n) is 7.63. The van der Waals surface area contributed by atoms with Crippen molar-refractivity contribution >= 4 is 25.5 Å². The van der Waals surface area contributed by atoms with Crippen LogP contribution in [0.1, 0.15) is 19.8 Å². The van der Waals surface area contributed by atoms with Crippen LogP contribution < -0.4 is 16.8 Å². The Morgan fingerprint density at radius 2 is 2.07 bits per heavy atom. The molecule has 1 aliphatic heterocycles. The summed E-state index contributed by atoms with van der Waals surface area (Å²) in [7, 11) is -4.73. The number of hydrogen-bond donors (Lipinski definition) is 7. The van der Waals surface area contributed by atoms with E-state index in [1.165, 1.54) is 6.20 Å². The fraction of sp³-hybridized carbons (Fsp3) is 0.357. The number of aliphatic hydroxyl groups is 1. The second kappa shape index (κ2) is 9.88. The van der Waals surface area contributed by atoms with E-state index in [4.69, 9.17) is 21.3 Å². The molecule has 12 nitrogen and oxygen atoms in total. The van der Waals surface area contributed by atoms with E-state index in [-0.39, 0.29) is 41.5 Å². The summed E-state index contributed by atoms with van der Waals surface area (Å²) >= 11 is 0. The van der Waals surface area contributed by atoms with E-state index in [0.29, 0.717) is 12.1 Å². The zero-order chi connectivity index (χ0) is 20.6. The Morgan fingerprint density at radius 1 is 1.41 bits per heavy atom. The summed E-state index contributed by atoms with van der Waals surface area (Å²) in [5.41, 5.74) is 10.8. The predicted octanol–water partition coefficient (Wildman–Crippen LogP) is -0.165. The molecule has 0 bridgehead atoms. The SMILES string of the molecule is CC1=C(O)/C(=C\N=C(CCCN=C(N)N)C(=O)O)C(COP(=O)(O)O)=CN1. The number of aliphatic carboxylic acids is 1. The highest BCUT2D eigenvalue weighted by Crippen LogP contribution is 2.37. The maximum atomic E-state index is 11.3. The lowest BCUT2D eigenvalue weighted by Gasteiger charge is -2.19. The first-order chi connectivity index (χ1) is 12.5. The minimum absolute atomic E-state index is 0.0651. The van der Waals surface area contributed by atoms with Crippen molar-refractivity contribution in [1.29, 1.82) is 0 Å². The summed E-state index contributed by atoms with van der Waals surface area (Å²) < 4.78 is 15.3. The number of hydrogen-bond acceptors (Lipinski definition) is 7. The van der Waals surface area contributed by atoms with Gasteiger partial charge >= 0.3 is 13.8 Å². The molecule has 0 aromatic heterocycles. The third kappa shape index (κ3) is 8.05. The number of guanidine groups is 1. The summed E-state index contributed by atoms with van der Waals surface area (Å²) in [6.07, 6.45) is 2.86. The Hall–Kier alpha value is -2.66. The van der Waals surface area contributed by atoms with Gasteiger partial charge in [0.2, 0.25) is 0 Å². The normalized spacial score (nSPS) is 16.8. The molecule has 0 aromatic carbocycles. The van der Waals surface area contributed by atoms with Crippen LogP contribution in [-0.4, -0.2) is 50.8 Å². The molecule has 13 heteroatoms. The van der Waals surface area contributed by atoms with Crippen LogP contribution in [0, 0.1) is 0 Å². The molecule has 0 fully saturated rings. The highest BCUT2D eigenvalue weighted by molar-refractivity contribution is 7.46. The largest absolute Gasteiger partial charge is 0.505 e. The van der Waals surface area contributed by atoms with Crippen molar-refractivity contribution in [2.45, 2.75) is 19.8 Å². The van der Waals surface area contributed by atoms with E-state index in [1.54, 1.807) is 6.92 Å². The molecular weight excluding hydrogens is 381 g/mol. The summed E-state index contributed by atoms with van der Waals surface area (Å²) in [6, 6.07) is 0. The third-order valence-corrected chi connectivity index (χ3v) is 3.74. The molecule has 0 spiro atoms. The molecule has 150 valence electrons. The van der Waals surface area contributed by atoms with E-state index in [0.717, 1.165) is 6.20 Å². The van der Waals surface area contributed by atoms with E-state index in [2.05, 4.69) is 19.8 Å². The number of phosphoric ester groups is 1. The van der Waals surface area contributed by atoms with Gasteiger partial charge in [0.1, 0.15) is 11.5 Å². The smallest absolute Gasteiger partial charge is 0.469 e. The number of carboxylic acids is 1. The van der Waals surface area contributed by atoms with E-state index in [1.807, 2.05) is 0 Å². The topological polar surface area (TPSA) is 213 Å². The third-order valence-electron chi connectivity index (χ3n) is 3.27. The van der Waals surface area contributed by atoms with Gasteiger partial charge in [-0.05, 0) is 19.8 Å². The average molecular weight is 403 g/mol. The molecule has 0 atom stereocenters. The highest BCUT2D eigenvalue weighted by Gasteiger charge is 2.22. The molecule has 0 aromatic rings. The van der Waals surface area contributed by atoms with Gasteiger partial charge in [-0.25, -0.2) is 9.36 Å². The van der Waals surface area contributed by atoms with Crippen molar-refractivity contribution < 1.29 is 33.9 Å². The summed E-state index contributed by atoms with van der Waals surface area (Å²) in [4.78, 5) is 36.6. The minimum atomic E-state index is -4.73. The molecule has 9 N–H and O–H groups in total. The lowest BCUT2D eigenvalue weighted by Crippen LogP contribution is -2.23. The van der Waals surface area contributed by atoms with Gasteiger partial charge in [-0.15, -0.1) is 0 Å². The molecule has 1 aliphatic rings. The standard InChI is InChI=1S/C14H22N5O7P/c1-8-12(20)10(9(5-18-8)7-26-27(23,24)25)6-19-11(13(21)22)3-2-4-17-14(15)16/h5-6,18,20H,2-4,7H2,1H3,(H,21,22)(H4,15,16,17)(H2,23,24,25)/b10-6-,19-11?. The molecule has 0 aliphatic carbocycles. The Bertz CT molecular complexity index is 775. The Morgan fingerprint density at radius 3 is 2.63 bits per heavy atom. The number of aliphatic imine (C=N–C) groups is 2. The average Bonchev–Trinajstić information content (AvgIpc) is 2.55. The van der Waals surface area contributed by atoms with Crippen LogP contribution in [0.3, 0.4) is 0 Å². The van der Waals surface area contributed by atoms with Crippen molar-refractivity contribution in [3.8, 4) is 0 Å². The highest BCUT2D eigenvalue weighted by atomic mass is 31.2. The van der Waals surface area contributed by atoms with Gasteiger partial charge < -0.3 is 36.8 Å². The van der Waals surface area contributed by atoms with Crippen LogP contribution in [0.5, 0.6) is 0 Å². The van der Waals surface area contributed by atoms with Crippen LogP contribution in [0.15, 0.2) is 45.0 Å². The number of allylic oxidation sites excluding steroid dienone is 2. The summed E-state index contributed by atoms with van der Waals surface area (Å²) in [5, 5.41) is 22.1. The van der Waals surface area contributed by atoms with Gasteiger partial charge in [0.25, 0.3) is 0 Å². The summed E-state index contributed by atoms with van der Waals surface area (Å²) in [5.74, 6) is -1.62. The Kier molecular flexibility index (Phi) is 8.19. The van der Waals surface area contributed by atoms with Crippen LogP contribution in [0.4, 0.5) is 0 Å². The van der Waals surface area contributed by atoms with Crippen molar-refractivity contribution in [3.63, 3.8) is 0 Å². The van der Waals surface area contributed by atoms with Gasteiger partial charge in [0, 0.05) is 30.1 Å². The zero-order valence-electron chi connectivity index (χ0n) is 14.5. The molecule has 0 saturated heterocycles. The second-order valence-corrected chi connectivity index (χ2v) is 6.62. The van der Waals surface area contributed by atoms with Gasteiger partial charge in [0.15, 0.2) is 5.96 Å². The predicted molar refractivity (Wildman–Crippen MR) is 97.6 cm³/mol. The number of carboxylic acid groups (broad SMARTS) is 1. The fourth-order valence-corrected chi connectivity index (χ4v) is 2.24. The number of nitrogens with one attached hydrogen (secondary N) is 1.